The number of hydrogen-bond donors (Lipinski definition) is 2. The predicted octanol–water partition coefficient (Wildman–Crippen LogP) is 5.47. The molecule has 0 aliphatic carbocycles. The fraction of sp³-hybridized carbons (Fsp3) is 0. The maximum Gasteiger partial charge on any atom is 0.261 e. The topological polar surface area (TPSA) is 105 Å². The minimum Gasteiger partial charge on any atom is -0.456 e. The summed E-state index contributed by atoms with van der Waals surface area (Å²) >= 11 is 0. The average molecular weight is 515 g/mol. The zero-order chi connectivity index (χ0) is 24.8. The second-order valence-corrected chi connectivity index (χ2v) is 11.0. The van der Waals surface area contributed by atoms with Crippen molar-refractivity contribution in [2.75, 3.05) is 9.44 Å². The summed E-state index contributed by atoms with van der Waals surface area (Å²) in [5, 5.41) is 0.779. The van der Waals surface area contributed by atoms with Crippen LogP contribution in [0.3, 0.4) is 0 Å². The Kier molecular flexibility index (Phi) is 5.45. The first-order chi connectivity index (χ1) is 16.6. The summed E-state index contributed by atoms with van der Waals surface area (Å²) in [6.45, 7) is 0. The molecule has 35 heavy (non-hydrogen) atoms. The molecule has 0 aliphatic heterocycles. The van der Waals surface area contributed by atoms with Crippen molar-refractivity contribution in [1.82, 2.24) is 0 Å². The van der Waals surface area contributed by atoms with Crippen LogP contribution < -0.4 is 9.44 Å². The van der Waals surface area contributed by atoms with Crippen molar-refractivity contribution in [3.8, 4) is 0 Å². The second-order valence-electron chi connectivity index (χ2n) is 7.64. The highest BCUT2D eigenvalue weighted by Gasteiger charge is 2.20. The molecule has 0 spiro atoms. The molecule has 1 heterocycles. The van der Waals surface area contributed by atoms with E-state index in [9.17, 15) is 25.6 Å². The molecule has 4 aromatic carbocycles. The normalized spacial score (nSPS) is 12.2. The van der Waals surface area contributed by atoms with Gasteiger partial charge in [0.2, 0.25) is 0 Å². The van der Waals surface area contributed by atoms with Gasteiger partial charge in [-0.3, -0.25) is 9.44 Å². The molecule has 11 heteroatoms. The van der Waals surface area contributed by atoms with Crippen molar-refractivity contribution in [2.24, 2.45) is 0 Å². The highest BCUT2D eigenvalue weighted by Crippen LogP contribution is 2.33. The molecule has 5 rings (SSSR count). The van der Waals surface area contributed by atoms with Gasteiger partial charge in [-0.1, -0.05) is 0 Å². The molecule has 0 atom stereocenters. The Hall–Kier alpha value is -3.96. The third-order valence-corrected chi connectivity index (χ3v) is 7.98. The minimum absolute atomic E-state index is 0.0882. The van der Waals surface area contributed by atoms with Gasteiger partial charge in [0.1, 0.15) is 22.8 Å². The van der Waals surface area contributed by atoms with E-state index in [1.165, 1.54) is 60.7 Å². The molecule has 1 aromatic heterocycles. The van der Waals surface area contributed by atoms with Crippen LogP contribution in [0.2, 0.25) is 0 Å². The molecule has 0 amide bonds. The number of sulfonamides is 2. The van der Waals surface area contributed by atoms with Crippen LogP contribution in [0.5, 0.6) is 0 Å². The Labute approximate surface area is 199 Å². The Balaban J connectivity index is 1.53. The predicted molar refractivity (Wildman–Crippen MR) is 128 cm³/mol. The number of rotatable bonds is 6. The molecule has 5 aromatic rings. The summed E-state index contributed by atoms with van der Waals surface area (Å²) in [5.74, 6) is -1.00. The zero-order valence-corrected chi connectivity index (χ0v) is 19.3. The van der Waals surface area contributed by atoms with Crippen molar-refractivity contribution in [2.45, 2.75) is 9.79 Å². The summed E-state index contributed by atoms with van der Waals surface area (Å²) in [6.07, 6.45) is 0. The van der Waals surface area contributed by atoms with Crippen molar-refractivity contribution in [3.05, 3.63) is 96.6 Å². The van der Waals surface area contributed by atoms with Gasteiger partial charge in [0.15, 0.2) is 0 Å². The Bertz CT molecular complexity index is 1650. The summed E-state index contributed by atoms with van der Waals surface area (Å²) in [4.78, 5) is -0.176. The van der Waals surface area contributed by atoms with E-state index in [1.54, 1.807) is 0 Å². The lowest BCUT2D eigenvalue weighted by atomic mass is 10.1. The summed E-state index contributed by atoms with van der Waals surface area (Å²) < 4.78 is 88.3. The lowest BCUT2D eigenvalue weighted by Gasteiger charge is -2.09. The van der Waals surface area contributed by atoms with Crippen LogP contribution in [-0.4, -0.2) is 16.8 Å². The van der Waals surface area contributed by atoms with Crippen LogP contribution in [0.25, 0.3) is 21.9 Å². The molecule has 0 aliphatic rings. The standard InChI is InChI=1S/C24H16F2N2O5S2/c25-15-1-5-17(6-2-15)27-34(29,30)19-9-11-23-21(13-19)22-14-20(10-12-24(22)33-23)35(31,32)28-18-7-3-16(26)4-8-18/h1-14,27-28H. The van der Waals surface area contributed by atoms with E-state index >= 15 is 0 Å². The van der Waals surface area contributed by atoms with Crippen LogP contribution in [0.15, 0.2) is 99.1 Å². The lowest BCUT2D eigenvalue weighted by molar-refractivity contribution is 0.599. The van der Waals surface area contributed by atoms with E-state index in [-0.39, 0.29) is 21.2 Å². The molecular formula is C24H16F2N2O5S2. The summed E-state index contributed by atoms with van der Waals surface area (Å²) in [6, 6.07) is 18.1. The van der Waals surface area contributed by atoms with Gasteiger partial charge in [0.05, 0.1) is 9.79 Å². The monoisotopic (exact) mass is 514 g/mol. The van der Waals surface area contributed by atoms with E-state index in [4.69, 9.17) is 4.42 Å². The number of hydrogen-bond acceptors (Lipinski definition) is 5. The first-order valence-corrected chi connectivity index (χ1v) is 13.1. The fourth-order valence-electron chi connectivity index (χ4n) is 3.53. The van der Waals surface area contributed by atoms with E-state index < -0.39 is 31.7 Å². The number of benzene rings is 4. The van der Waals surface area contributed by atoms with Gasteiger partial charge < -0.3 is 4.42 Å². The minimum atomic E-state index is -4.02. The molecule has 7 nitrogen and oxygen atoms in total. The van der Waals surface area contributed by atoms with Gasteiger partial charge in [-0.05, 0) is 84.9 Å². The van der Waals surface area contributed by atoms with Gasteiger partial charge >= 0.3 is 0 Å². The van der Waals surface area contributed by atoms with Gasteiger partial charge in [0.25, 0.3) is 20.0 Å². The largest absolute Gasteiger partial charge is 0.456 e. The van der Waals surface area contributed by atoms with E-state index in [2.05, 4.69) is 9.44 Å². The third kappa shape index (κ3) is 4.55. The number of halogens is 2. The zero-order valence-electron chi connectivity index (χ0n) is 17.7. The van der Waals surface area contributed by atoms with Crippen molar-refractivity contribution in [3.63, 3.8) is 0 Å². The fourth-order valence-corrected chi connectivity index (χ4v) is 5.70. The van der Waals surface area contributed by atoms with Crippen molar-refractivity contribution in [1.29, 1.82) is 0 Å². The van der Waals surface area contributed by atoms with Crippen LogP contribution in [0, 0.1) is 11.6 Å². The second kappa shape index (κ2) is 8.36. The van der Waals surface area contributed by atoms with Gasteiger partial charge in [0, 0.05) is 22.1 Å². The Morgan fingerprint density at radius 2 is 0.914 bits per heavy atom. The van der Waals surface area contributed by atoms with Crippen molar-refractivity contribution < 1.29 is 30.0 Å². The summed E-state index contributed by atoms with van der Waals surface area (Å²) in [7, 11) is -8.04. The lowest BCUT2D eigenvalue weighted by Crippen LogP contribution is -2.13. The van der Waals surface area contributed by atoms with E-state index in [1.807, 2.05) is 0 Å². The summed E-state index contributed by atoms with van der Waals surface area (Å²) in [5.41, 5.74) is 1.09. The van der Waals surface area contributed by atoms with Crippen LogP contribution >= 0.6 is 0 Å². The van der Waals surface area contributed by atoms with Gasteiger partial charge in [-0.2, -0.15) is 0 Å². The van der Waals surface area contributed by atoms with Crippen LogP contribution in [0.1, 0.15) is 0 Å². The first kappa shape index (κ1) is 22.8. The number of nitrogens with one attached hydrogen (secondary N) is 2. The molecule has 0 saturated carbocycles. The Morgan fingerprint density at radius 1 is 0.543 bits per heavy atom. The molecule has 2 N–H and O–H groups in total. The van der Waals surface area contributed by atoms with Gasteiger partial charge in [-0.15, -0.1) is 0 Å². The third-order valence-electron chi connectivity index (χ3n) is 5.23. The molecule has 0 saturated heterocycles. The van der Waals surface area contributed by atoms with Crippen molar-refractivity contribution >= 4 is 53.4 Å². The maximum absolute atomic E-state index is 13.1. The van der Waals surface area contributed by atoms with Gasteiger partial charge in [-0.25, -0.2) is 25.6 Å². The number of anilines is 2. The van der Waals surface area contributed by atoms with E-state index in [0.717, 1.165) is 24.3 Å². The smallest absolute Gasteiger partial charge is 0.261 e. The molecule has 178 valence electrons. The molecular weight excluding hydrogens is 498 g/mol. The van der Waals surface area contributed by atoms with E-state index in [0.29, 0.717) is 21.9 Å². The molecule has 0 radical (unpaired) electrons. The average Bonchev–Trinajstić information content (AvgIpc) is 3.19. The SMILES string of the molecule is O=S(=O)(Nc1ccc(F)cc1)c1ccc2oc3ccc(S(=O)(=O)Nc4ccc(F)cc4)cc3c2c1. The highest BCUT2D eigenvalue weighted by atomic mass is 32.2. The molecule has 0 bridgehead atoms. The number of fused-ring (bicyclic) bond motifs is 3. The Morgan fingerprint density at radius 3 is 1.29 bits per heavy atom. The highest BCUT2D eigenvalue weighted by molar-refractivity contribution is 7.93. The van der Waals surface area contributed by atoms with Crippen LogP contribution in [0.4, 0.5) is 20.2 Å². The maximum atomic E-state index is 13.1. The molecule has 0 unspecified atom stereocenters. The molecule has 0 fully saturated rings. The number of furan rings is 1. The first-order valence-electron chi connectivity index (χ1n) is 10.1. The quantitative estimate of drug-likeness (QED) is 0.313. The van der Waals surface area contributed by atoms with Crippen LogP contribution in [-0.2, 0) is 20.0 Å².